The summed E-state index contributed by atoms with van der Waals surface area (Å²) in [7, 11) is 0. The minimum atomic E-state index is 0.326. The first-order valence-electron chi connectivity index (χ1n) is 7.00. The Bertz CT molecular complexity index is 677. The highest BCUT2D eigenvalue weighted by Crippen LogP contribution is 2.24. The van der Waals surface area contributed by atoms with E-state index in [-0.39, 0.29) is 0 Å². The Hall–Kier alpha value is -1.94. The molecule has 0 radical (unpaired) electrons. The van der Waals surface area contributed by atoms with Crippen LogP contribution in [-0.4, -0.2) is 28.8 Å². The molecule has 0 N–H and O–H groups in total. The van der Waals surface area contributed by atoms with Crippen LogP contribution in [0.25, 0.3) is 11.4 Å². The molecule has 0 saturated carbocycles. The van der Waals surface area contributed by atoms with Crippen molar-refractivity contribution in [3.8, 4) is 11.4 Å². The Balaban J connectivity index is 1.94. The van der Waals surface area contributed by atoms with Crippen LogP contribution in [0.4, 0.5) is 5.82 Å². The topological polar surface area (TPSA) is 46.1 Å². The third kappa shape index (κ3) is 3.22. The van der Waals surface area contributed by atoms with Crippen molar-refractivity contribution in [2.45, 2.75) is 19.8 Å². The predicted octanol–water partition coefficient (Wildman–Crippen LogP) is 3.27. The van der Waals surface area contributed by atoms with E-state index < -0.39 is 0 Å². The SMILES string of the molecule is Cc1cc(N2CCC(=O)CC2)nc(-c2cccc(Cl)c2)n1. The lowest BCUT2D eigenvalue weighted by atomic mass is 10.1. The summed E-state index contributed by atoms with van der Waals surface area (Å²) < 4.78 is 0. The molecule has 1 aliphatic heterocycles. The first kappa shape index (κ1) is 14.0. The highest BCUT2D eigenvalue weighted by molar-refractivity contribution is 6.30. The second kappa shape index (κ2) is 5.82. The molecule has 2 aromatic rings. The number of rotatable bonds is 2. The Kier molecular flexibility index (Phi) is 3.88. The fraction of sp³-hybridized carbons (Fsp3) is 0.312. The molecule has 0 aliphatic carbocycles. The smallest absolute Gasteiger partial charge is 0.161 e. The number of aromatic nitrogens is 2. The molecular weight excluding hydrogens is 286 g/mol. The van der Waals surface area contributed by atoms with Gasteiger partial charge in [-0.2, -0.15) is 0 Å². The van der Waals surface area contributed by atoms with Gasteiger partial charge in [0.1, 0.15) is 11.6 Å². The maximum atomic E-state index is 11.4. The summed E-state index contributed by atoms with van der Waals surface area (Å²) in [6, 6.07) is 9.49. The van der Waals surface area contributed by atoms with Crippen molar-refractivity contribution < 1.29 is 4.79 Å². The normalized spacial score (nSPS) is 15.3. The number of carbonyl (C=O) groups is 1. The third-order valence-corrected chi connectivity index (χ3v) is 3.80. The minimum Gasteiger partial charge on any atom is -0.356 e. The predicted molar refractivity (Wildman–Crippen MR) is 83.7 cm³/mol. The molecule has 4 nitrogen and oxygen atoms in total. The number of nitrogens with zero attached hydrogens (tertiary/aromatic N) is 3. The van der Waals surface area contributed by atoms with Gasteiger partial charge in [-0.05, 0) is 19.1 Å². The summed E-state index contributed by atoms with van der Waals surface area (Å²) >= 11 is 6.04. The van der Waals surface area contributed by atoms with Crippen LogP contribution in [0.3, 0.4) is 0 Å². The van der Waals surface area contributed by atoms with Gasteiger partial charge in [0.05, 0.1) is 0 Å². The first-order valence-corrected chi connectivity index (χ1v) is 7.38. The summed E-state index contributed by atoms with van der Waals surface area (Å²) in [5.74, 6) is 1.88. The summed E-state index contributed by atoms with van der Waals surface area (Å²) in [5, 5.41) is 0.669. The Morgan fingerprint density at radius 3 is 2.62 bits per heavy atom. The molecule has 5 heteroatoms. The van der Waals surface area contributed by atoms with Gasteiger partial charge in [0.25, 0.3) is 0 Å². The van der Waals surface area contributed by atoms with Gasteiger partial charge in [-0.25, -0.2) is 9.97 Å². The molecule has 3 rings (SSSR count). The number of anilines is 1. The van der Waals surface area contributed by atoms with Crippen molar-refractivity contribution in [3.63, 3.8) is 0 Å². The van der Waals surface area contributed by atoms with Crippen LogP contribution in [-0.2, 0) is 4.79 Å². The van der Waals surface area contributed by atoms with Crippen molar-refractivity contribution in [2.75, 3.05) is 18.0 Å². The van der Waals surface area contributed by atoms with E-state index in [0.29, 0.717) is 29.5 Å². The highest BCUT2D eigenvalue weighted by atomic mass is 35.5. The molecule has 1 fully saturated rings. The number of ketones is 1. The second-order valence-corrected chi connectivity index (χ2v) is 5.66. The fourth-order valence-corrected chi connectivity index (χ4v) is 2.65. The monoisotopic (exact) mass is 301 g/mol. The number of benzene rings is 1. The van der Waals surface area contributed by atoms with Crippen LogP contribution in [0.5, 0.6) is 0 Å². The fourth-order valence-electron chi connectivity index (χ4n) is 2.46. The summed E-state index contributed by atoms with van der Waals surface area (Å²) in [4.78, 5) is 22.6. The molecule has 1 aromatic heterocycles. The maximum absolute atomic E-state index is 11.4. The molecule has 0 atom stereocenters. The highest BCUT2D eigenvalue weighted by Gasteiger charge is 2.18. The van der Waals surface area contributed by atoms with E-state index in [2.05, 4.69) is 14.9 Å². The zero-order chi connectivity index (χ0) is 14.8. The van der Waals surface area contributed by atoms with Gasteiger partial charge in [0.15, 0.2) is 5.82 Å². The Morgan fingerprint density at radius 2 is 1.90 bits per heavy atom. The molecule has 2 heterocycles. The van der Waals surface area contributed by atoms with E-state index in [4.69, 9.17) is 11.6 Å². The number of Topliss-reactive ketones (excluding diaryl/α,β-unsaturated/α-hetero) is 1. The molecule has 0 unspecified atom stereocenters. The quantitative estimate of drug-likeness (QED) is 0.854. The molecule has 0 bridgehead atoms. The van der Waals surface area contributed by atoms with Crippen LogP contribution >= 0.6 is 11.6 Å². The molecular formula is C16H16ClN3O. The molecule has 1 aromatic carbocycles. The van der Waals surface area contributed by atoms with Crippen LogP contribution in [0.1, 0.15) is 18.5 Å². The van der Waals surface area contributed by atoms with Gasteiger partial charge in [0, 0.05) is 48.3 Å². The molecule has 1 saturated heterocycles. The van der Waals surface area contributed by atoms with Crippen LogP contribution in [0, 0.1) is 6.92 Å². The molecule has 21 heavy (non-hydrogen) atoms. The number of piperidine rings is 1. The van der Waals surface area contributed by atoms with E-state index in [1.807, 2.05) is 37.3 Å². The second-order valence-electron chi connectivity index (χ2n) is 5.23. The summed E-state index contributed by atoms with van der Waals surface area (Å²) in [5.41, 5.74) is 1.81. The van der Waals surface area contributed by atoms with E-state index >= 15 is 0 Å². The van der Waals surface area contributed by atoms with Gasteiger partial charge in [-0.3, -0.25) is 4.79 Å². The zero-order valence-electron chi connectivity index (χ0n) is 11.8. The number of carbonyl (C=O) groups excluding carboxylic acids is 1. The van der Waals surface area contributed by atoms with Crippen LogP contribution < -0.4 is 4.90 Å². The number of hydrogen-bond acceptors (Lipinski definition) is 4. The van der Waals surface area contributed by atoms with Crippen molar-refractivity contribution in [2.24, 2.45) is 0 Å². The van der Waals surface area contributed by atoms with Gasteiger partial charge >= 0.3 is 0 Å². The lowest BCUT2D eigenvalue weighted by molar-refractivity contribution is -0.119. The number of halogens is 1. The molecule has 108 valence electrons. The molecule has 0 amide bonds. The van der Waals surface area contributed by atoms with E-state index in [0.717, 1.165) is 30.2 Å². The third-order valence-electron chi connectivity index (χ3n) is 3.57. The maximum Gasteiger partial charge on any atom is 0.161 e. The van der Waals surface area contributed by atoms with Gasteiger partial charge < -0.3 is 4.90 Å². The average molecular weight is 302 g/mol. The number of aryl methyl sites for hydroxylation is 1. The van der Waals surface area contributed by atoms with Crippen molar-refractivity contribution in [1.82, 2.24) is 9.97 Å². The van der Waals surface area contributed by atoms with Crippen molar-refractivity contribution in [3.05, 3.63) is 41.0 Å². The van der Waals surface area contributed by atoms with E-state index in [1.54, 1.807) is 0 Å². The van der Waals surface area contributed by atoms with Crippen LogP contribution in [0.2, 0.25) is 5.02 Å². The van der Waals surface area contributed by atoms with E-state index in [9.17, 15) is 4.79 Å². The largest absolute Gasteiger partial charge is 0.356 e. The van der Waals surface area contributed by atoms with Crippen molar-refractivity contribution >= 4 is 23.2 Å². The van der Waals surface area contributed by atoms with Crippen molar-refractivity contribution in [1.29, 1.82) is 0 Å². The summed E-state index contributed by atoms with van der Waals surface area (Å²) in [6.07, 6.45) is 1.19. The van der Waals surface area contributed by atoms with Gasteiger partial charge in [-0.15, -0.1) is 0 Å². The standard InChI is InChI=1S/C16H16ClN3O/c1-11-9-15(20-7-5-14(21)6-8-20)19-16(18-11)12-3-2-4-13(17)10-12/h2-4,9-10H,5-8H2,1H3. The van der Waals surface area contributed by atoms with E-state index in [1.165, 1.54) is 0 Å². The Labute approximate surface area is 128 Å². The van der Waals surface area contributed by atoms with Gasteiger partial charge in [0.2, 0.25) is 0 Å². The molecule has 0 spiro atoms. The lowest BCUT2D eigenvalue weighted by Crippen LogP contribution is -2.34. The lowest BCUT2D eigenvalue weighted by Gasteiger charge is -2.27. The Morgan fingerprint density at radius 1 is 1.14 bits per heavy atom. The molecule has 1 aliphatic rings. The first-order chi connectivity index (χ1) is 10.1. The van der Waals surface area contributed by atoms with Crippen LogP contribution in [0.15, 0.2) is 30.3 Å². The summed E-state index contributed by atoms with van der Waals surface area (Å²) in [6.45, 7) is 3.41. The number of hydrogen-bond donors (Lipinski definition) is 0. The minimum absolute atomic E-state index is 0.326. The zero-order valence-corrected chi connectivity index (χ0v) is 12.6. The average Bonchev–Trinajstić information content (AvgIpc) is 2.47. The van der Waals surface area contributed by atoms with Gasteiger partial charge in [-0.1, -0.05) is 23.7 Å².